The maximum Gasteiger partial charge on any atom is 0.262 e. The Hall–Kier alpha value is -3.48. The maximum absolute atomic E-state index is 12.5. The number of phenolic OH excluding ortho intramolecular Hbond substituents is 1. The maximum atomic E-state index is 12.5. The predicted molar refractivity (Wildman–Crippen MR) is 107 cm³/mol. The van der Waals surface area contributed by atoms with E-state index >= 15 is 0 Å². The summed E-state index contributed by atoms with van der Waals surface area (Å²) in [6, 6.07) is 9.53. The van der Waals surface area contributed by atoms with E-state index in [4.69, 9.17) is 14.2 Å². The highest BCUT2D eigenvalue weighted by Gasteiger charge is 2.27. The average molecular weight is 397 g/mol. The molecule has 7 heteroatoms. The molecule has 0 aromatic heterocycles. The minimum absolute atomic E-state index is 0.0272. The van der Waals surface area contributed by atoms with Crippen LogP contribution in [0.3, 0.4) is 0 Å². The zero-order valence-electron chi connectivity index (χ0n) is 16.8. The number of phenols is 1. The Morgan fingerprint density at radius 2 is 1.97 bits per heavy atom. The molecule has 2 aromatic carbocycles. The average Bonchev–Trinajstić information content (AvgIpc) is 2.97. The van der Waals surface area contributed by atoms with Crippen molar-refractivity contribution >= 4 is 17.8 Å². The molecule has 3 rings (SSSR count). The van der Waals surface area contributed by atoms with Gasteiger partial charge in [0, 0.05) is 20.2 Å². The molecule has 0 radical (unpaired) electrons. The zero-order chi connectivity index (χ0) is 21.1. The van der Waals surface area contributed by atoms with E-state index in [-0.39, 0.29) is 23.2 Å². The number of carbonyl (C=O) groups is 2. The van der Waals surface area contributed by atoms with Crippen LogP contribution in [0.1, 0.15) is 29.8 Å². The minimum Gasteiger partial charge on any atom is -0.508 e. The van der Waals surface area contributed by atoms with Crippen LogP contribution in [0.5, 0.6) is 23.0 Å². The van der Waals surface area contributed by atoms with Crippen molar-refractivity contribution in [3.63, 3.8) is 0 Å². The first kappa shape index (κ1) is 20.3. The molecule has 2 aromatic rings. The van der Waals surface area contributed by atoms with Gasteiger partial charge >= 0.3 is 0 Å². The van der Waals surface area contributed by atoms with Crippen molar-refractivity contribution in [2.45, 2.75) is 20.0 Å². The van der Waals surface area contributed by atoms with Crippen LogP contribution in [0, 0.1) is 0 Å². The smallest absolute Gasteiger partial charge is 0.262 e. The lowest BCUT2D eigenvalue weighted by molar-refractivity contribution is -0.135. The van der Waals surface area contributed by atoms with E-state index in [1.807, 2.05) is 6.92 Å². The van der Waals surface area contributed by atoms with Crippen molar-refractivity contribution in [1.82, 2.24) is 4.90 Å². The Labute approximate surface area is 169 Å². The highest BCUT2D eigenvalue weighted by Crippen LogP contribution is 2.35. The number of rotatable bonds is 6. The number of Topliss-reactive ketones (excluding diaryl/α,β-unsaturated/α-hetero) is 1. The molecule has 1 atom stereocenters. The van der Waals surface area contributed by atoms with Crippen molar-refractivity contribution in [3.05, 3.63) is 53.3 Å². The molecule has 1 aliphatic heterocycles. The number of aromatic hydroxyl groups is 1. The van der Waals surface area contributed by atoms with Gasteiger partial charge in [-0.2, -0.15) is 0 Å². The molecule has 0 fully saturated rings. The molecule has 0 saturated heterocycles. The second-order valence-corrected chi connectivity index (χ2v) is 6.75. The fourth-order valence-corrected chi connectivity index (χ4v) is 2.91. The van der Waals surface area contributed by atoms with E-state index in [0.717, 1.165) is 0 Å². The molecular weight excluding hydrogens is 374 g/mol. The SMILES string of the molecule is CCOc1cc(/C=C2/Oc3cc(O)ccc3C2=O)ccc1OC(C)C(=O)N(C)C. The van der Waals surface area contributed by atoms with E-state index in [9.17, 15) is 14.7 Å². The first-order valence-electron chi connectivity index (χ1n) is 9.22. The molecule has 152 valence electrons. The molecule has 1 amide bonds. The third-order valence-electron chi connectivity index (χ3n) is 4.31. The molecular formula is C22H23NO6. The number of benzene rings is 2. The summed E-state index contributed by atoms with van der Waals surface area (Å²) >= 11 is 0. The molecule has 0 aliphatic carbocycles. The topological polar surface area (TPSA) is 85.3 Å². The van der Waals surface area contributed by atoms with E-state index < -0.39 is 6.10 Å². The molecule has 29 heavy (non-hydrogen) atoms. The molecule has 1 N–H and O–H groups in total. The summed E-state index contributed by atoms with van der Waals surface area (Å²) in [4.78, 5) is 26.0. The second kappa shape index (κ2) is 8.26. The number of likely N-dealkylation sites (N-methyl/N-ethyl adjacent to an activating group) is 1. The molecule has 0 bridgehead atoms. The van der Waals surface area contributed by atoms with Gasteiger partial charge in [0.05, 0.1) is 12.2 Å². The van der Waals surface area contributed by atoms with Gasteiger partial charge in [-0.15, -0.1) is 0 Å². The number of carbonyl (C=O) groups excluding carboxylic acids is 2. The van der Waals surface area contributed by atoms with E-state index in [0.29, 0.717) is 35.0 Å². The molecule has 1 unspecified atom stereocenters. The normalized spacial score (nSPS) is 14.9. The zero-order valence-corrected chi connectivity index (χ0v) is 16.8. The van der Waals surface area contributed by atoms with Crippen molar-refractivity contribution in [2.24, 2.45) is 0 Å². The molecule has 0 spiro atoms. The largest absolute Gasteiger partial charge is 0.508 e. The summed E-state index contributed by atoms with van der Waals surface area (Å²) in [5, 5.41) is 9.56. The summed E-state index contributed by atoms with van der Waals surface area (Å²) in [6.45, 7) is 3.92. The van der Waals surface area contributed by atoms with Gasteiger partial charge in [-0.1, -0.05) is 6.07 Å². The van der Waals surface area contributed by atoms with E-state index in [1.54, 1.807) is 45.3 Å². The van der Waals surface area contributed by atoms with Crippen LogP contribution in [-0.4, -0.2) is 48.5 Å². The summed E-state index contributed by atoms with van der Waals surface area (Å²) < 4.78 is 17.0. The van der Waals surface area contributed by atoms with Gasteiger partial charge in [0.2, 0.25) is 5.78 Å². The van der Waals surface area contributed by atoms with Crippen LogP contribution < -0.4 is 14.2 Å². The highest BCUT2D eigenvalue weighted by atomic mass is 16.5. The first-order valence-corrected chi connectivity index (χ1v) is 9.22. The number of ether oxygens (including phenoxy) is 3. The Bertz CT molecular complexity index is 979. The van der Waals surface area contributed by atoms with Crippen LogP contribution in [0.15, 0.2) is 42.2 Å². The summed E-state index contributed by atoms with van der Waals surface area (Å²) in [6.07, 6.45) is 0.926. The van der Waals surface area contributed by atoms with Gasteiger partial charge in [-0.05, 0) is 49.8 Å². The van der Waals surface area contributed by atoms with Crippen LogP contribution >= 0.6 is 0 Å². The Morgan fingerprint density at radius 1 is 1.21 bits per heavy atom. The fourth-order valence-electron chi connectivity index (χ4n) is 2.91. The van der Waals surface area contributed by atoms with E-state index in [2.05, 4.69) is 0 Å². The second-order valence-electron chi connectivity index (χ2n) is 6.75. The number of fused-ring (bicyclic) bond motifs is 1. The van der Waals surface area contributed by atoms with Gasteiger partial charge in [0.1, 0.15) is 11.5 Å². The lowest BCUT2D eigenvalue weighted by atomic mass is 10.1. The highest BCUT2D eigenvalue weighted by molar-refractivity contribution is 6.14. The van der Waals surface area contributed by atoms with Gasteiger partial charge in [-0.25, -0.2) is 0 Å². The number of nitrogens with zero attached hydrogens (tertiary/aromatic N) is 1. The Kier molecular flexibility index (Phi) is 5.77. The van der Waals surface area contributed by atoms with Crippen molar-refractivity contribution < 1.29 is 28.9 Å². The molecule has 7 nitrogen and oxygen atoms in total. The number of amides is 1. The molecule has 1 aliphatic rings. The quantitative estimate of drug-likeness (QED) is 0.753. The molecule has 0 saturated carbocycles. The Balaban J connectivity index is 1.86. The van der Waals surface area contributed by atoms with Gasteiger partial charge in [-0.3, -0.25) is 9.59 Å². The Morgan fingerprint density at radius 3 is 2.66 bits per heavy atom. The minimum atomic E-state index is -0.671. The molecule has 1 heterocycles. The monoisotopic (exact) mass is 397 g/mol. The number of ketones is 1. The number of hydrogen-bond acceptors (Lipinski definition) is 6. The van der Waals surface area contributed by atoms with Crippen molar-refractivity contribution in [3.8, 4) is 23.0 Å². The van der Waals surface area contributed by atoms with E-state index in [1.165, 1.54) is 23.1 Å². The van der Waals surface area contributed by atoms with Crippen LogP contribution in [0.4, 0.5) is 0 Å². The van der Waals surface area contributed by atoms with Crippen LogP contribution in [-0.2, 0) is 4.79 Å². The number of allylic oxidation sites excluding steroid dienone is 1. The third kappa shape index (κ3) is 4.34. The lowest BCUT2D eigenvalue weighted by Gasteiger charge is -2.20. The first-order chi connectivity index (χ1) is 13.8. The summed E-state index contributed by atoms with van der Waals surface area (Å²) in [7, 11) is 3.33. The van der Waals surface area contributed by atoms with Crippen LogP contribution in [0.25, 0.3) is 6.08 Å². The standard InChI is InChI=1S/C22H23NO6/c1-5-27-19-10-14(6-9-17(19)28-13(2)22(26)23(3)4)11-20-21(25)16-8-7-15(24)12-18(16)29-20/h6-13,24H,5H2,1-4H3/b20-11+. The van der Waals surface area contributed by atoms with Crippen LogP contribution in [0.2, 0.25) is 0 Å². The van der Waals surface area contributed by atoms with Gasteiger partial charge in [0.15, 0.2) is 23.4 Å². The summed E-state index contributed by atoms with van der Waals surface area (Å²) in [5.41, 5.74) is 1.07. The lowest BCUT2D eigenvalue weighted by Crippen LogP contribution is -2.35. The predicted octanol–water partition coefficient (Wildman–Crippen LogP) is 3.26. The van der Waals surface area contributed by atoms with Gasteiger partial charge in [0.25, 0.3) is 5.91 Å². The van der Waals surface area contributed by atoms with Gasteiger partial charge < -0.3 is 24.2 Å². The summed E-state index contributed by atoms with van der Waals surface area (Å²) in [5.74, 6) is 0.969. The fraction of sp³-hybridized carbons (Fsp3) is 0.273. The third-order valence-corrected chi connectivity index (χ3v) is 4.31. The number of hydrogen-bond donors (Lipinski definition) is 1. The van der Waals surface area contributed by atoms with Crippen molar-refractivity contribution in [2.75, 3.05) is 20.7 Å². The van der Waals surface area contributed by atoms with Crippen molar-refractivity contribution in [1.29, 1.82) is 0 Å².